The minimum absolute atomic E-state index is 0.287. The molecule has 1 rings (SSSR count). The number of hydrogen-bond acceptors (Lipinski definition) is 2. The molecule has 1 fully saturated rings. The van der Waals surface area contributed by atoms with Gasteiger partial charge in [-0.1, -0.05) is 0 Å². The van der Waals surface area contributed by atoms with Gasteiger partial charge < -0.3 is 10.5 Å². The summed E-state index contributed by atoms with van der Waals surface area (Å²) in [6, 6.07) is 0.315. The molecule has 0 bridgehead atoms. The zero-order valence-electron chi connectivity index (χ0n) is 4.13. The van der Waals surface area contributed by atoms with E-state index in [4.69, 9.17) is 5.73 Å². The topological polar surface area (TPSA) is 43.1 Å². The lowest BCUT2D eigenvalue weighted by molar-refractivity contribution is -0.113. The predicted octanol–water partition coefficient (Wildman–Crippen LogP) is -0.0774. The molecular weight excluding hydrogens is 90.1 g/mol. The number of nitrogens with two attached hydrogens (primary N) is 1. The molecule has 40 valence electrons. The van der Waals surface area contributed by atoms with Crippen LogP contribution in [0.4, 0.5) is 0 Å². The molecule has 2 nitrogen and oxygen atoms in total. The van der Waals surface area contributed by atoms with Crippen LogP contribution in [0.3, 0.4) is 0 Å². The summed E-state index contributed by atoms with van der Waals surface area (Å²) >= 11 is 0. The van der Waals surface area contributed by atoms with E-state index in [0.29, 0.717) is 6.04 Å². The smallest absolute Gasteiger partial charge is 0.123 e. The van der Waals surface area contributed by atoms with E-state index in [2.05, 4.69) is 0 Å². The molecule has 7 heavy (non-hydrogen) atoms. The van der Waals surface area contributed by atoms with Gasteiger partial charge in [-0.25, -0.2) is 0 Å². The van der Waals surface area contributed by atoms with Gasteiger partial charge in [0.25, 0.3) is 0 Å². The number of hydrogen-bond donors (Lipinski definition) is 1. The summed E-state index contributed by atoms with van der Waals surface area (Å²) in [5.41, 5.74) is 5.39. The summed E-state index contributed by atoms with van der Waals surface area (Å²) in [5.74, 6) is 0.287. The van der Waals surface area contributed by atoms with E-state index >= 15 is 0 Å². The van der Waals surface area contributed by atoms with Crippen molar-refractivity contribution < 1.29 is 4.79 Å². The van der Waals surface area contributed by atoms with Crippen molar-refractivity contribution in [3.8, 4) is 0 Å². The van der Waals surface area contributed by atoms with Gasteiger partial charge in [-0.05, 0) is 12.8 Å². The Kier molecular flexibility index (Phi) is 1.11. The molecule has 0 amide bonds. The van der Waals surface area contributed by atoms with Gasteiger partial charge in [-0.15, -0.1) is 0 Å². The van der Waals surface area contributed by atoms with Crippen LogP contribution in [0, 0.1) is 5.92 Å². The van der Waals surface area contributed by atoms with Gasteiger partial charge in [0.15, 0.2) is 0 Å². The Balaban J connectivity index is 2.17. The van der Waals surface area contributed by atoms with E-state index in [0.717, 1.165) is 19.1 Å². The fourth-order valence-corrected chi connectivity index (χ4v) is 0.820. The molecule has 0 aliphatic heterocycles. The molecule has 0 unspecified atom stereocenters. The van der Waals surface area contributed by atoms with E-state index in [1.165, 1.54) is 0 Å². The molecule has 2 N–H and O–H groups in total. The van der Waals surface area contributed by atoms with Crippen LogP contribution in [0.15, 0.2) is 0 Å². The monoisotopic (exact) mass is 99.1 g/mol. The van der Waals surface area contributed by atoms with Crippen molar-refractivity contribution in [3.63, 3.8) is 0 Å². The van der Waals surface area contributed by atoms with Gasteiger partial charge in [-0.2, -0.15) is 0 Å². The highest BCUT2D eigenvalue weighted by Crippen LogP contribution is 2.22. The highest BCUT2D eigenvalue weighted by atomic mass is 16.1. The zero-order valence-corrected chi connectivity index (χ0v) is 4.13. The summed E-state index contributed by atoms with van der Waals surface area (Å²) < 4.78 is 0. The molecule has 0 atom stereocenters. The third kappa shape index (κ3) is 0.800. The van der Waals surface area contributed by atoms with Gasteiger partial charge in [-0.3, -0.25) is 0 Å². The number of rotatable bonds is 1. The lowest BCUT2D eigenvalue weighted by atomic mass is 9.82. The van der Waals surface area contributed by atoms with Crippen molar-refractivity contribution in [2.24, 2.45) is 11.7 Å². The largest absolute Gasteiger partial charge is 0.328 e. The average molecular weight is 99.1 g/mol. The SMILES string of the molecule is NC1CC(C=O)C1. The van der Waals surface area contributed by atoms with Gasteiger partial charge in [0, 0.05) is 12.0 Å². The van der Waals surface area contributed by atoms with Crippen LogP contribution in [0.2, 0.25) is 0 Å². The Hall–Kier alpha value is -0.370. The van der Waals surface area contributed by atoms with E-state index in [-0.39, 0.29) is 5.92 Å². The summed E-state index contributed by atoms with van der Waals surface area (Å²) in [6.07, 6.45) is 2.80. The van der Waals surface area contributed by atoms with Crippen molar-refractivity contribution in [2.45, 2.75) is 18.9 Å². The third-order valence-electron chi connectivity index (χ3n) is 1.40. The van der Waals surface area contributed by atoms with Crippen molar-refractivity contribution in [1.82, 2.24) is 0 Å². The Morgan fingerprint density at radius 2 is 2.14 bits per heavy atom. The van der Waals surface area contributed by atoms with E-state index < -0.39 is 0 Å². The van der Waals surface area contributed by atoms with Crippen molar-refractivity contribution >= 4 is 6.29 Å². The lowest BCUT2D eigenvalue weighted by Crippen LogP contribution is -2.36. The highest BCUT2D eigenvalue weighted by molar-refractivity contribution is 5.55. The molecule has 0 aromatic rings. The lowest BCUT2D eigenvalue weighted by Gasteiger charge is -2.27. The van der Waals surface area contributed by atoms with Crippen LogP contribution in [-0.2, 0) is 4.79 Å². The Morgan fingerprint density at radius 3 is 2.29 bits per heavy atom. The summed E-state index contributed by atoms with van der Waals surface area (Å²) in [7, 11) is 0. The maximum atomic E-state index is 9.88. The van der Waals surface area contributed by atoms with E-state index in [1.807, 2.05) is 0 Å². The number of aldehydes is 1. The Bertz CT molecular complexity index is 76.1. The molecule has 1 aliphatic rings. The molecule has 1 saturated carbocycles. The predicted molar refractivity (Wildman–Crippen MR) is 26.8 cm³/mol. The minimum atomic E-state index is 0.287. The summed E-state index contributed by atoms with van der Waals surface area (Å²) in [5, 5.41) is 0. The van der Waals surface area contributed by atoms with Crippen LogP contribution in [0.5, 0.6) is 0 Å². The fourth-order valence-electron chi connectivity index (χ4n) is 0.820. The first-order chi connectivity index (χ1) is 3.33. The Labute approximate surface area is 42.7 Å². The van der Waals surface area contributed by atoms with Gasteiger partial charge in [0.05, 0.1) is 0 Å². The first-order valence-electron chi connectivity index (χ1n) is 2.54. The Morgan fingerprint density at radius 1 is 1.57 bits per heavy atom. The summed E-state index contributed by atoms with van der Waals surface area (Å²) in [6.45, 7) is 0. The quantitative estimate of drug-likeness (QED) is 0.467. The summed E-state index contributed by atoms with van der Waals surface area (Å²) in [4.78, 5) is 9.88. The minimum Gasteiger partial charge on any atom is -0.328 e. The standard InChI is InChI=1S/C5H9NO/c6-5-1-4(2-5)3-7/h3-5H,1-2,6H2. The van der Waals surface area contributed by atoms with Crippen LogP contribution in [0.1, 0.15) is 12.8 Å². The first kappa shape index (κ1) is 4.78. The van der Waals surface area contributed by atoms with Crippen LogP contribution in [0.25, 0.3) is 0 Å². The van der Waals surface area contributed by atoms with Crippen molar-refractivity contribution in [1.29, 1.82) is 0 Å². The second-order valence-corrected chi connectivity index (χ2v) is 2.13. The van der Waals surface area contributed by atoms with Crippen molar-refractivity contribution in [3.05, 3.63) is 0 Å². The highest BCUT2D eigenvalue weighted by Gasteiger charge is 2.24. The zero-order chi connectivity index (χ0) is 5.28. The van der Waals surface area contributed by atoms with Gasteiger partial charge in [0.2, 0.25) is 0 Å². The molecule has 0 aromatic heterocycles. The molecular formula is C5H9NO. The van der Waals surface area contributed by atoms with Crippen LogP contribution >= 0.6 is 0 Å². The van der Waals surface area contributed by atoms with Crippen LogP contribution < -0.4 is 5.73 Å². The maximum Gasteiger partial charge on any atom is 0.123 e. The molecule has 1 aliphatic carbocycles. The normalized spacial score (nSPS) is 39.6. The molecule has 2 heteroatoms. The maximum absolute atomic E-state index is 9.88. The fraction of sp³-hybridized carbons (Fsp3) is 0.800. The number of carbonyl (C=O) groups is 1. The molecule has 0 heterocycles. The first-order valence-corrected chi connectivity index (χ1v) is 2.54. The molecule has 0 radical (unpaired) electrons. The molecule has 0 aromatic carbocycles. The van der Waals surface area contributed by atoms with Crippen LogP contribution in [-0.4, -0.2) is 12.3 Å². The van der Waals surface area contributed by atoms with E-state index in [9.17, 15) is 4.79 Å². The molecule has 0 spiro atoms. The van der Waals surface area contributed by atoms with Gasteiger partial charge in [0.1, 0.15) is 6.29 Å². The molecule has 0 saturated heterocycles. The van der Waals surface area contributed by atoms with Crippen molar-refractivity contribution in [2.75, 3.05) is 0 Å². The van der Waals surface area contributed by atoms with E-state index in [1.54, 1.807) is 0 Å². The number of carbonyl (C=O) groups excluding carboxylic acids is 1. The second-order valence-electron chi connectivity index (χ2n) is 2.13. The van der Waals surface area contributed by atoms with Gasteiger partial charge >= 0.3 is 0 Å². The second kappa shape index (κ2) is 1.62. The third-order valence-corrected chi connectivity index (χ3v) is 1.40. The average Bonchev–Trinajstić information content (AvgIpc) is 1.58.